The number of ether oxygens (including phenoxy) is 2. The van der Waals surface area contributed by atoms with Gasteiger partial charge in [-0.25, -0.2) is 13.2 Å². The SMILES string of the molecule is CC(C)(C)OC(=O)N1[C@H](COCc2ccccc2)C=CS1(=O)=O. The molecule has 0 radical (unpaired) electrons. The van der Waals surface area contributed by atoms with Gasteiger partial charge in [-0.3, -0.25) is 0 Å². The van der Waals surface area contributed by atoms with E-state index in [0.717, 1.165) is 15.3 Å². The number of benzene rings is 1. The van der Waals surface area contributed by atoms with Crippen molar-refractivity contribution < 1.29 is 22.7 Å². The standard InChI is InChI=1S/C16H21NO5S/c1-16(2,3)22-15(18)17-14(9-10-23(17,19)20)12-21-11-13-7-5-4-6-8-13/h4-10,14H,11-12H2,1-3H3/t14-/m0/s1. The molecule has 1 aromatic carbocycles. The quantitative estimate of drug-likeness (QED) is 0.843. The van der Waals surface area contributed by atoms with E-state index in [9.17, 15) is 13.2 Å². The fraction of sp³-hybridized carbons (Fsp3) is 0.438. The van der Waals surface area contributed by atoms with E-state index in [0.29, 0.717) is 6.61 Å². The fourth-order valence-electron chi connectivity index (χ4n) is 2.06. The van der Waals surface area contributed by atoms with Crippen molar-refractivity contribution in [2.24, 2.45) is 0 Å². The van der Waals surface area contributed by atoms with E-state index in [1.807, 2.05) is 30.3 Å². The summed E-state index contributed by atoms with van der Waals surface area (Å²) in [4.78, 5) is 12.1. The Morgan fingerprint density at radius 2 is 1.87 bits per heavy atom. The van der Waals surface area contributed by atoms with Crippen LogP contribution in [0.3, 0.4) is 0 Å². The van der Waals surface area contributed by atoms with E-state index >= 15 is 0 Å². The van der Waals surface area contributed by atoms with Gasteiger partial charge in [0.2, 0.25) is 0 Å². The molecule has 23 heavy (non-hydrogen) atoms. The van der Waals surface area contributed by atoms with E-state index in [1.54, 1.807) is 20.8 Å². The maximum absolute atomic E-state index is 12.1. The lowest BCUT2D eigenvalue weighted by molar-refractivity contribution is 0.0273. The first-order valence-electron chi connectivity index (χ1n) is 7.26. The second-order valence-corrected chi connectivity index (χ2v) is 7.91. The van der Waals surface area contributed by atoms with Crippen LogP contribution in [0, 0.1) is 0 Å². The Hall–Kier alpha value is -1.86. The number of carbonyl (C=O) groups is 1. The first-order valence-corrected chi connectivity index (χ1v) is 8.77. The van der Waals surface area contributed by atoms with Crippen LogP contribution in [-0.2, 0) is 26.1 Å². The number of nitrogens with zero attached hydrogens (tertiary/aromatic N) is 1. The van der Waals surface area contributed by atoms with Gasteiger partial charge in [-0.1, -0.05) is 30.3 Å². The summed E-state index contributed by atoms with van der Waals surface area (Å²) in [5.74, 6) is 0. The molecule has 0 aromatic heterocycles. The molecule has 1 amide bonds. The zero-order valence-electron chi connectivity index (χ0n) is 13.4. The van der Waals surface area contributed by atoms with Crippen LogP contribution in [0.15, 0.2) is 41.8 Å². The van der Waals surface area contributed by atoms with Crippen LogP contribution >= 0.6 is 0 Å². The van der Waals surface area contributed by atoms with Gasteiger partial charge in [-0.15, -0.1) is 0 Å². The third kappa shape index (κ3) is 4.80. The summed E-state index contributed by atoms with van der Waals surface area (Å²) < 4.78 is 35.5. The molecular formula is C16H21NO5S. The number of carbonyl (C=O) groups excluding carboxylic acids is 1. The van der Waals surface area contributed by atoms with Crippen LogP contribution in [0.1, 0.15) is 26.3 Å². The van der Waals surface area contributed by atoms with E-state index in [-0.39, 0.29) is 6.61 Å². The summed E-state index contributed by atoms with van der Waals surface area (Å²) in [6.45, 7) is 5.46. The van der Waals surface area contributed by atoms with Crippen molar-refractivity contribution in [1.82, 2.24) is 4.31 Å². The highest BCUT2D eigenvalue weighted by Gasteiger charge is 2.39. The number of sulfonamides is 1. The smallest absolute Gasteiger partial charge is 0.424 e. The Bertz CT molecular complexity index is 676. The van der Waals surface area contributed by atoms with Gasteiger partial charge in [-0.05, 0) is 32.4 Å². The number of amides is 1. The van der Waals surface area contributed by atoms with E-state index in [4.69, 9.17) is 9.47 Å². The van der Waals surface area contributed by atoms with Gasteiger partial charge < -0.3 is 9.47 Å². The second-order valence-electron chi connectivity index (χ2n) is 6.22. The summed E-state index contributed by atoms with van der Waals surface area (Å²) in [6.07, 6.45) is 0.542. The topological polar surface area (TPSA) is 72.9 Å². The molecule has 2 rings (SSSR count). The minimum absolute atomic E-state index is 0.0733. The highest BCUT2D eigenvalue weighted by Crippen LogP contribution is 2.22. The minimum atomic E-state index is -3.80. The summed E-state index contributed by atoms with van der Waals surface area (Å²) in [5.41, 5.74) is 0.200. The lowest BCUT2D eigenvalue weighted by atomic mass is 10.2. The highest BCUT2D eigenvalue weighted by atomic mass is 32.2. The van der Waals surface area contributed by atoms with Crippen LogP contribution in [-0.4, -0.2) is 37.1 Å². The number of hydrogen-bond acceptors (Lipinski definition) is 5. The lowest BCUT2D eigenvalue weighted by Gasteiger charge is -2.27. The van der Waals surface area contributed by atoms with E-state index in [1.165, 1.54) is 6.08 Å². The van der Waals surface area contributed by atoms with Crippen LogP contribution in [0.25, 0.3) is 0 Å². The molecule has 1 aromatic rings. The van der Waals surface area contributed by atoms with E-state index in [2.05, 4.69) is 0 Å². The van der Waals surface area contributed by atoms with Crippen molar-refractivity contribution in [3.05, 3.63) is 47.4 Å². The predicted octanol–water partition coefficient (Wildman–Crippen LogP) is 2.67. The average Bonchev–Trinajstić information content (AvgIpc) is 2.73. The van der Waals surface area contributed by atoms with Gasteiger partial charge in [0.25, 0.3) is 10.0 Å². The summed E-state index contributed by atoms with van der Waals surface area (Å²) in [5, 5.41) is 1.01. The normalized spacial score (nSPS) is 19.8. The van der Waals surface area contributed by atoms with Gasteiger partial charge in [0, 0.05) is 5.41 Å². The zero-order chi connectivity index (χ0) is 17.1. The molecule has 0 unspecified atom stereocenters. The van der Waals surface area contributed by atoms with Gasteiger partial charge in [0.05, 0.1) is 19.3 Å². The van der Waals surface area contributed by atoms with Crippen LogP contribution in [0.2, 0.25) is 0 Å². The Morgan fingerprint density at radius 1 is 1.22 bits per heavy atom. The zero-order valence-corrected chi connectivity index (χ0v) is 14.2. The van der Waals surface area contributed by atoms with Gasteiger partial charge >= 0.3 is 6.09 Å². The highest BCUT2D eigenvalue weighted by molar-refractivity contribution is 7.92. The van der Waals surface area contributed by atoms with Crippen molar-refractivity contribution in [3.8, 4) is 0 Å². The summed E-state index contributed by atoms with van der Waals surface area (Å²) in [6, 6.07) is 8.82. The molecule has 0 fully saturated rings. The number of hydrogen-bond donors (Lipinski definition) is 0. The first-order chi connectivity index (χ1) is 10.7. The number of rotatable bonds is 4. The molecule has 7 heteroatoms. The largest absolute Gasteiger partial charge is 0.443 e. The molecule has 1 aliphatic heterocycles. The monoisotopic (exact) mass is 339 g/mol. The maximum Gasteiger partial charge on any atom is 0.424 e. The van der Waals surface area contributed by atoms with Crippen LogP contribution in [0.5, 0.6) is 0 Å². The molecular weight excluding hydrogens is 318 g/mol. The van der Waals surface area contributed by atoms with Crippen LogP contribution in [0.4, 0.5) is 4.79 Å². The van der Waals surface area contributed by atoms with Crippen molar-refractivity contribution >= 4 is 16.1 Å². The van der Waals surface area contributed by atoms with E-state index < -0.39 is 27.8 Å². The maximum atomic E-state index is 12.1. The van der Waals surface area contributed by atoms with Gasteiger partial charge in [0.1, 0.15) is 5.60 Å². The predicted molar refractivity (Wildman–Crippen MR) is 86.0 cm³/mol. The fourth-order valence-corrected chi connectivity index (χ4v) is 3.33. The Kier molecular flexibility index (Phi) is 5.11. The van der Waals surface area contributed by atoms with Crippen molar-refractivity contribution in [2.75, 3.05) is 6.61 Å². The first kappa shape index (κ1) is 17.5. The molecule has 0 saturated heterocycles. The van der Waals surface area contributed by atoms with Crippen molar-refractivity contribution in [1.29, 1.82) is 0 Å². The third-order valence-electron chi connectivity index (χ3n) is 3.02. The Labute approximate surface area is 136 Å². The molecule has 0 saturated carbocycles. The molecule has 0 bridgehead atoms. The van der Waals surface area contributed by atoms with Crippen molar-refractivity contribution in [2.45, 2.75) is 39.0 Å². The molecule has 126 valence electrons. The Balaban J connectivity index is 1.99. The molecule has 1 aliphatic rings. The minimum Gasteiger partial charge on any atom is -0.443 e. The average molecular weight is 339 g/mol. The molecule has 1 heterocycles. The van der Waals surface area contributed by atoms with Crippen molar-refractivity contribution in [3.63, 3.8) is 0 Å². The summed E-state index contributed by atoms with van der Waals surface area (Å²) in [7, 11) is -3.80. The molecule has 0 aliphatic carbocycles. The molecule has 0 spiro atoms. The molecule has 0 N–H and O–H groups in total. The lowest BCUT2D eigenvalue weighted by Crippen LogP contribution is -2.44. The van der Waals surface area contributed by atoms with Gasteiger partial charge in [-0.2, -0.15) is 4.31 Å². The molecule has 6 nitrogen and oxygen atoms in total. The Morgan fingerprint density at radius 3 is 2.48 bits per heavy atom. The van der Waals surface area contributed by atoms with Gasteiger partial charge in [0.15, 0.2) is 0 Å². The van der Waals surface area contributed by atoms with Crippen LogP contribution < -0.4 is 0 Å². The summed E-state index contributed by atoms with van der Waals surface area (Å²) >= 11 is 0. The molecule has 1 atom stereocenters. The second kappa shape index (κ2) is 6.72. The third-order valence-corrected chi connectivity index (χ3v) is 4.49.